The van der Waals surface area contributed by atoms with E-state index in [9.17, 15) is 18.3 Å². The lowest BCUT2D eigenvalue weighted by molar-refractivity contribution is -0.141. The van der Waals surface area contributed by atoms with Crippen molar-refractivity contribution >= 4 is 15.8 Å². The van der Waals surface area contributed by atoms with Gasteiger partial charge in [-0.2, -0.15) is 0 Å². The van der Waals surface area contributed by atoms with Gasteiger partial charge in [0, 0.05) is 24.4 Å². The minimum atomic E-state index is -3.94. The number of carboxylic acids is 1. The van der Waals surface area contributed by atoms with Gasteiger partial charge >= 0.3 is 5.97 Å². The van der Waals surface area contributed by atoms with Crippen molar-refractivity contribution in [1.29, 1.82) is 0 Å². The van der Waals surface area contributed by atoms with Gasteiger partial charge in [0.25, 0.3) is 0 Å². The normalized spacial score (nSPS) is 17.2. The summed E-state index contributed by atoms with van der Waals surface area (Å²) in [7, 11) is -3.94. The van der Waals surface area contributed by atoms with Crippen LogP contribution in [0.1, 0.15) is 11.1 Å². The van der Waals surface area contributed by atoms with Crippen LogP contribution < -0.4 is 10.1 Å². The van der Waals surface area contributed by atoms with E-state index >= 15 is 0 Å². The molecule has 2 heterocycles. The molecule has 2 aromatic carbocycles. The number of hydrogen-bond acceptors (Lipinski definition) is 6. The lowest BCUT2D eigenvalue weighted by atomic mass is 9.94. The number of benzene rings is 2. The van der Waals surface area contributed by atoms with Gasteiger partial charge in [-0.1, -0.05) is 54.6 Å². The quantitative estimate of drug-likeness (QED) is 0.551. The number of sulfone groups is 1. The van der Waals surface area contributed by atoms with E-state index in [2.05, 4.69) is 16.9 Å². The molecule has 0 saturated carbocycles. The number of pyridine rings is 1. The summed E-state index contributed by atoms with van der Waals surface area (Å²) in [5.41, 5.74) is 1.05. The van der Waals surface area contributed by atoms with Gasteiger partial charge in [-0.25, -0.2) is 18.2 Å². The zero-order valence-electron chi connectivity index (χ0n) is 17.3. The molecule has 1 aromatic heterocycles. The van der Waals surface area contributed by atoms with Crippen molar-refractivity contribution < 1.29 is 23.1 Å². The maximum Gasteiger partial charge on any atom is 0.344 e. The smallest absolute Gasteiger partial charge is 0.344 e. The Morgan fingerprint density at radius 2 is 1.78 bits per heavy atom. The molecule has 8 heteroatoms. The van der Waals surface area contributed by atoms with E-state index in [1.165, 1.54) is 6.08 Å². The van der Waals surface area contributed by atoms with Crippen molar-refractivity contribution in [1.82, 2.24) is 10.3 Å². The summed E-state index contributed by atoms with van der Waals surface area (Å²) in [6.07, 6.45) is 3.52. The van der Waals surface area contributed by atoms with E-state index < -0.39 is 20.7 Å². The fourth-order valence-electron chi connectivity index (χ4n) is 3.45. The first kappa shape index (κ1) is 23.2. The Labute approximate surface area is 187 Å². The fraction of sp³-hybridized carbons (Fsp3) is 0.167. The van der Waals surface area contributed by atoms with Gasteiger partial charge in [0.1, 0.15) is 5.75 Å². The molecular formula is C24H24N2O5S. The summed E-state index contributed by atoms with van der Waals surface area (Å²) in [5, 5.41) is 12.2. The van der Waals surface area contributed by atoms with E-state index in [0.29, 0.717) is 24.4 Å². The molecule has 0 saturated heterocycles. The average molecular weight is 453 g/mol. The number of carboxylic acid groups (broad SMARTS) is 1. The number of ether oxygens (including phenoxy) is 1. The summed E-state index contributed by atoms with van der Waals surface area (Å²) < 4.78 is 30.3. The van der Waals surface area contributed by atoms with Gasteiger partial charge in [-0.15, -0.1) is 6.58 Å². The van der Waals surface area contributed by atoms with Crippen molar-refractivity contribution in [3.8, 4) is 11.6 Å². The number of hydrogen-bond donors (Lipinski definition) is 2. The van der Waals surface area contributed by atoms with E-state index in [1.807, 2.05) is 48.5 Å². The van der Waals surface area contributed by atoms with Crippen LogP contribution in [0.15, 0.2) is 91.6 Å². The zero-order chi connectivity index (χ0) is 23.0. The first-order valence-corrected chi connectivity index (χ1v) is 11.6. The van der Waals surface area contributed by atoms with Crippen molar-refractivity contribution in [2.75, 3.05) is 12.3 Å². The van der Waals surface area contributed by atoms with Crippen LogP contribution in [-0.4, -0.2) is 36.8 Å². The molecule has 32 heavy (non-hydrogen) atoms. The van der Waals surface area contributed by atoms with E-state index in [1.54, 1.807) is 30.5 Å². The number of rotatable bonds is 6. The number of para-hydroxylation sites is 1. The van der Waals surface area contributed by atoms with E-state index in [0.717, 1.165) is 11.3 Å². The lowest BCUT2D eigenvalue weighted by Gasteiger charge is -2.35. The largest absolute Gasteiger partial charge is 0.479 e. The maximum atomic E-state index is 12.4. The van der Waals surface area contributed by atoms with Crippen LogP contribution in [0.5, 0.6) is 11.6 Å². The molecule has 3 aromatic rings. The molecule has 0 radical (unpaired) electrons. The van der Waals surface area contributed by atoms with Gasteiger partial charge in [0.15, 0.2) is 9.84 Å². The highest BCUT2D eigenvalue weighted by atomic mass is 32.2. The molecule has 4 rings (SSSR count). The highest BCUT2D eigenvalue weighted by Gasteiger charge is 2.54. The van der Waals surface area contributed by atoms with Crippen molar-refractivity contribution in [3.05, 3.63) is 103 Å². The van der Waals surface area contributed by atoms with Crippen LogP contribution in [0.4, 0.5) is 0 Å². The number of aliphatic carboxylic acids is 1. The predicted octanol–water partition coefficient (Wildman–Crippen LogP) is 3.54. The molecular weight excluding hydrogens is 428 g/mol. The van der Waals surface area contributed by atoms with Crippen molar-refractivity contribution in [2.24, 2.45) is 0 Å². The topological polar surface area (TPSA) is 106 Å². The molecule has 0 aliphatic carbocycles. The van der Waals surface area contributed by atoms with Crippen LogP contribution in [0, 0.1) is 0 Å². The third kappa shape index (κ3) is 4.87. The van der Waals surface area contributed by atoms with Gasteiger partial charge in [-0.3, -0.25) is 5.32 Å². The Balaban J connectivity index is 0.000000193. The predicted molar refractivity (Wildman–Crippen MR) is 122 cm³/mol. The Kier molecular flexibility index (Phi) is 7.40. The standard InChI is InChI=1S/C13H15NO4S.C11H9NO/c1-2-9-19(17,18)13(12(15)16)11-6-4-3-5-10(11)7-8-14-13;1-2-6-10(7-3-1)13-11-8-4-5-9-12-11/h2-6,14H,1,7-9H2,(H,15,16);1-9H. The number of aromatic nitrogens is 1. The molecule has 0 bridgehead atoms. The van der Waals surface area contributed by atoms with Gasteiger partial charge in [0.2, 0.25) is 10.8 Å². The van der Waals surface area contributed by atoms with E-state index in [-0.39, 0.29) is 5.75 Å². The molecule has 0 fully saturated rings. The summed E-state index contributed by atoms with van der Waals surface area (Å²) in [6, 6.07) is 21.9. The zero-order valence-corrected chi connectivity index (χ0v) is 18.2. The second-order valence-electron chi connectivity index (χ2n) is 6.97. The van der Waals surface area contributed by atoms with Crippen LogP contribution >= 0.6 is 0 Å². The lowest BCUT2D eigenvalue weighted by Crippen LogP contribution is -2.58. The SMILES string of the molecule is C=CCS(=O)(=O)C1(C(=O)O)NCCc2ccccc21.c1ccc(Oc2ccccn2)cc1. The van der Waals surface area contributed by atoms with Gasteiger partial charge < -0.3 is 9.84 Å². The summed E-state index contributed by atoms with van der Waals surface area (Å²) in [5.74, 6) is -0.364. The van der Waals surface area contributed by atoms with Gasteiger partial charge in [-0.05, 0) is 30.2 Å². The summed E-state index contributed by atoms with van der Waals surface area (Å²) in [6.45, 7) is 3.69. The first-order valence-electron chi connectivity index (χ1n) is 9.94. The molecule has 7 nitrogen and oxygen atoms in total. The highest BCUT2D eigenvalue weighted by molar-refractivity contribution is 7.93. The molecule has 0 amide bonds. The van der Waals surface area contributed by atoms with Crippen LogP contribution in [0.3, 0.4) is 0 Å². The molecule has 2 N–H and O–H groups in total. The summed E-state index contributed by atoms with van der Waals surface area (Å²) >= 11 is 0. The Morgan fingerprint density at radius 3 is 2.44 bits per heavy atom. The fourth-order valence-corrected chi connectivity index (χ4v) is 5.13. The highest BCUT2D eigenvalue weighted by Crippen LogP contribution is 2.34. The van der Waals surface area contributed by atoms with Crippen LogP contribution in [0.2, 0.25) is 0 Å². The van der Waals surface area contributed by atoms with E-state index in [4.69, 9.17) is 4.74 Å². The van der Waals surface area contributed by atoms with Crippen LogP contribution in [0.25, 0.3) is 0 Å². The first-order chi connectivity index (χ1) is 15.4. The van der Waals surface area contributed by atoms with Crippen LogP contribution in [-0.2, 0) is 25.9 Å². The molecule has 0 spiro atoms. The average Bonchev–Trinajstić information content (AvgIpc) is 2.80. The summed E-state index contributed by atoms with van der Waals surface area (Å²) in [4.78, 5) is 13.7. The molecule has 1 aliphatic rings. The Hall–Kier alpha value is -3.49. The molecule has 1 unspecified atom stereocenters. The van der Waals surface area contributed by atoms with Crippen molar-refractivity contribution in [3.63, 3.8) is 0 Å². The second kappa shape index (κ2) is 10.2. The number of fused-ring (bicyclic) bond motifs is 1. The molecule has 166 valence electrons. The van der Waals surface area contributed by atoms with Crippen molar-refractivity contribution in [2.45, 2.75) is 11.3 Å². The molecule has 1 atom stereocenters. The number of nitrogens with one attached hydrogen (secondary N) is 1. The monoisotopic (exact) mass is 452 g/mol. The Morgan fingerprint density at radius 1 is 1.09 bits per heavy atom. The number of nitrogens with zero attached hydrogens (tertiary/aromatic N) is 1. The molecule has 1 aliphatic heterocycles. The minimum Gasteiger partial charge on any atom is -0.479 e. The third-order valence-corrected chi connectivity index (χ3v) is 7.02. The third-order valence-electron chi connectivity index (χ3n) is 4.87. The number of carbonyl (C=O) groups is 1. The second-order valence-corrected chi connectivity index (χ2v) is 9.15. The van der Waals surface area contributed by atoms with Gasteiger partial charge in [0.05, 0.1) is 5.75 Å². The maximum absolute atomic E-state index is 12.4. The minimum absolute atomic E-state index is 0.301. The Bertz CT molecular complexity index is 1130.